The fourth-order valence-electron chi connectivity index (χ4n) is 3.14. The van der Waals surface area contributed by atoms with Gasteiger partial charge < -0.3 is 9.72 Å². The van der Waals surface area contributed by atoms with Crippen LogP contribution in [0.5, 0.6) is 0 Å². The van der Waals surface area contributed by atoms with Crippen LogP contribution in [0.25, 0.3) is 10.9 Å². The minimum atomic E-state index is -0.503. The van der Waals surface area contributed by atoms with Crippen molar-refractivity contribution in [2.45, 2.75) is 17.6 Å². The summed E-state index contributed by atoms with van der Waals surface area (Å²) in [7, 11) is 0. The van der Waals surface area contributed by atoms with Gasteiger partial charge in [-0.05, 0) is 25.1 Å². The number of nitrogens with one attached hydrogen (secondary N) is 1. The average molecular weight is 423 g/mol. The summed E-state index contributed by atoms with van der Waals surface area (Å²) in [5, 5.41) is 2.82. The van der Waals surface area contributed by atoms with Crippen LogP contribution in [0.15, 0.2) is 64.3 Å². The number of hydrogen-bond donors (Lipinski definition) is 1. The van der Waals surface area contributed by atoms with E-state index >= 15 is 0 Å². The Hall–Kier alpha value is -2.90. The number of aromatic nitrogens is 2. The number of carbonyl (C=O) groups excluding carboxylic acids is 2. The van der Waals surface area contributed by atoms with Crippen molar-refractivity contribution in [2.75, 3.05) is 6.61 Å². The second kappa shape index (κ2) is 8.63. The molecule has 0 fully saturated rings. The van der Waals surface area contributed by atoms with Gasteiger partial charge in [0.15, 0.2) is 6.61 Å². The number of thiazole rings is 1. The Kier molecular flexibility index (Phi) is 5.78. The van der Waals surface area contributed by atoms with Crippen LogP contribution in [0.4, 0.5) is 0 Å². The molecule has 7 heteroatoms. The Labute approximate surface area is 176 Å². The number of carbonyl (C=O) groups is 2. The lowest BCUT2D eigenvalue weighted by Gasteiger charge is -2.09. The Morgan fingerprint density at radius 3 is 2.76 bits per heavy atom. The molecular weight excluding hydrogens is 404 g/mol. The van der Waals surface area contributed by atoms with E-state index in [4.69, 9.17) is 4.74 Å². The summed E-state index contributed by atoms with van der Waals surface area (Å²) in [4.78, 5) is 33.6. The number of H-pyrrole nitrogens is 1. The van der Waals surface area contributed by atoms with Gasteiger partial charge in [0.25, 0.3) is 0 Å². The molecule has 4 aromatic rings. The van der Waals surface area contributed by atoms with E-state index in [9.17, 15) is 9.59 Å². The Balaban J connectivity index is 1.46. The molecule has 0 saturated carbocycles. The number of ketones is 1. The number of para-hydroxylation sites is 1. The van der Waals surface area contributed by atoms with E-state index in [1.54, 1.807) is 29.0 Å². The predicted octanol–water partition coefficient (Wildman–Crippen LogP) is 5.26. The number of nitrogens with zero attached hydrogens (tertiary/aromatic N) is 1. The zero-order chi connectivity index (χ0) is 20.2. The highest BCUT2D eigenvalue weighted by Crippen LogP contribution is 2.27. The number of thioether (sulfide) groups is 1. The van der Waals surface area contributed by atoms with E-state index in [1.807, 2.05) is 48.7 Å². The minimum absolute atomic E-state index is 0.221. The number of benzene rings is 2. The lowest BCUT2D eigenvalue weighted by Crippen LogP contribution is -2.15. The number of Topliss-reactive ketones (excluding diaryl/α,β-unsaturated/α-hetero) is 1. The maximum absolute atomic E-state index is 12.7. The van der Waals surface area contributed by atoms with Crippen molar-refractivity contribution in [3.05, 3.63) is 81.9 Å². The van der Waals surface area contributed by atoms with Crippen molar-refractivity contribution in [1.29, 1.82) is 0 Å². The summed E-state index contributed by atoms with van der Waals surface area (Å²) in [5.74, 6) is -0.0560. The third-order valence-electron chi connectivity index (χ3n) is 4.47. The normalized spacial score (nSPS) is 10.9. The van der Waals surface area contributed by atoms with Crippen LogP contribution in [0.2, 0.25) is 0 Å². The predicted molar refractivity (Wildman–Crippen MR) is 116 cm³/mol. The first-order chi connectivity index (χ1) is 14.1. The number of esters is 1. The minimum Gasteiger partial charge on any atom is -0.454 e. The van der Waals surface area contributed by atoms with E-state index in [1.165, 1.54) is 11.8 Å². The standard InChI is InChI=1S/C22H18N2O3S2/c1-14-21(16-6-2-4-8-18(16)24-14)19(25)10-27-22(26)17-7-3-5-9-20(17)29-12-15-11-28-13-23-15/h2-9,11,13,24H,10,12H2,1H3. The highest BCUT2D eigenvalue weighted by molar-refractivity contribution is 7.98. The molecule has 2 aromatic carbocycles. The van der Waals surface area contributed by atoms with Crippen LogP contribution in [-0.4, -0.2) is 28.3 Å². The fraction of sp³-hybridized carbons (Fsp3) is 0.136. The van der Waals surface area contributed by atoms with Gasteiger partial charge in [-0.2, -0.15) is 0 Å². The number of fused-ring (bicyclic) bond motifs is 1. The molecule has 2 heterocycles. The molecule has 4 rings (SSSR count). The van der Waals surface area contributed by atoms with Crippen LogP contribution in [-0.2, 0) is 10.5 Å². The van der Waals surface area contributed by atoms with E-state index in [2.05, 4.69) is 9.97 Å². The summed E-state index contributed by atoms with van der Waals surface area (Å²) in [5.41, 5.74) is 5.44. The zero-order valence-corrected chi connectivity index (χ0v) is 17.3. The lowest BCUT2D eigenvalue weighted by atomic mass is 10.1. The maximum Gasteiger partial charge on any atom is 0.339 e. The topological polar surface area (TPSA) is 72.1 Å². The SMILES string of the molecule is Cc1[nH]c2ccccc2c1C(=O)COC(=O)c1ccccc1SCc1cscn1. The third-order valence-corrected chi connectivity index (χ3v) is 6.22. The van der Waals surface area contributed by atoms with Crippen LogP contribution in [0.1, 0.15) is 32.1 Å². The molecule has 5 nitrogen and oxygen atoms in total. The van der Waals surface area contributed by atoms with E-state index < -0.39 is 5.97 Å². The van der Waals surface area contributed by atoms with Gasteiger partial charge >= 0.3 is 5.97 Å². The first-order valence-electron chi connectivity index (χ1n) is 9.00. The largest absolute Gasteiger partial charge is 0.454 e. The highest BCUT2D eigenvalue weighted by atomic mass is 32.2. The molecule has 2 aromatic heterocycles. The Bertz CT molecular complexity index is 1170. The molecule has 1 N–H and O–H groups in total. The summed E-state index contributed by atoms with van der Waals surface area (Å²) in [6, 6.07) is 14.8. The van der Waals surface area contributed by atoms with Crippen molar-refractivity contribution in [2.24, 2.45) is 0 Å². The monoisotopic (exact) mass is 422 g/mol. The number of hydrogen-bond acceptors (Lipinski definition) is 6. The summed E-state index contributed by atoms with van der Waals surface area (Å²) < 4.78 is 5.37. The van der Waals surface area contributed by atoms with E-state index in [-0.39, 0.29) is 12.4 Å². The molecule has 0 aliphatic heterocycles. The quantitative estimate of drug-likeness (QED) is 0.250. The molecule has 0 unspecified atom stereocenters. The Morgan fingerprint density at radius 2 is 1.93 bits per heavy atom. The van der Waals surface area contributed by atoms with Gasteiger partial charge in [-0.15, -0.1) is 23.1 Å². The average Bonchev–Trinajstić information content (AvgIpc) is 3.37. The smallest absolute Gasteiger partial charge is 0.339 e. The molecule has 0 bridgehead atoms. The first kappa shape index (κ1) is 19.4. The second-order valence-electron chi connectivity index (χ2n) is 6.43. The molecule has 0 aliphatic carbocycles. The van der Waals surface area contributed by atoms with Crippen molar-refractivity contribution in [1.82, 2.24) is 9.97 Å². The zero-order valence-electron chi connectivity index (χ0n) is 15.7. The van der Waals surface area contributed by atoms with Crippen LogP contribution in [0, 0.1) is 6.92 Å². The van der Waals surface area contributed by atoms with Gasteiger partial charge in [-0.3, -0.25) is 4.79 Å². The van der Waals surface area contributed by atoms with Gasteiger partial charge in [0.05, 0.1) is 16.8 Å². The molecule has 0 aliphatic rings. The molecule has 0 spiro atoms. The number of rotatable bonds is 7. The first-order valence-corrected chi connectivity index (χ1v) is 10.9. The maximum atomic E-state index is 12.7. The van der Waals surface area contributed by atoms with Gasteiger partial charge in [-0.1, -0.05) is 30.3 Å². The van der Waals surface area contributed by atoms with Crippen molar-refractivity contribution >= 4 is 45.8 Å². The number of ether oxygens (including phenoxy) is 1. The van der Waals surface area contributed by atoms with Crippen molar-refractivity contribution < 1.29 is 14.3 Å². The Morgan fingerprint density at radius 1 is 1.14 bits per heavy atom. The second-order valence-corrected chi connectivity index (χ2v) is 8.17. The fourth-order valence-corrected chi connectivity index (χ4v) is 4.75. The molecule has 0 atom stereocenters. The molecule has 146 valence electrons. The molecular formula is C22H18N2O3S2. The number of aromatic amines is 1. The van der Waals surface area contributed by atoms with Crippen molar-refractivity contribution in [3.8, 4) is 0 Å². The molecule has 0 radical (unpaired) electrons. The van der Waals surface area contributed by atoms with Gasteiger partial charge in [0.1, 0.15) is 0 Å². The summed E-state index contributed by atoms with van der Waals surface area (Å²) in [6.45, 7) is 1.55. The molecule has 0 amide bonds. The third kappa shape index (κ3) is 4.26. The van der Waals surface area contributed by atoms with Crippen LogP contribution >= 0.6 is 23.1 Å². The number of aryl methyl sites for hydroxylation is 1. The van der Waals surface area contributed by atoms with Crippen molar-refractivity contribution in [3.63, 3.8) is 0 Å². The van der Waals surface area contributed by atoms with E-state index in [0.717, 1.165) is 27.2 Å². The molecule has 29 heavy (non-hydrogen) atoms. The summed E-state index contributed by atoms with van der Waals surface area (Å²) in [6.07, 6.45) is 0. The highest BCUT2D eigenvalue weighted by Gasteiger charge is 2.19. The van der Waals surface area contributed by atoms with E-state index in [0.29, 0.717) is 16.9 Å². The van der Waals surface area contributed by atoms with Gasteiger partial charge in [0.2, 0.25) is 5.78 Å². The van der Waals surface area contributed by atoms with Gasteiger partial charge in [0, 0.05) is 38.2 Å². The van der Waals surface area contributed by atoms with Crippen LogP contribution < -0.4 is 0 Å². The molecule has 0 saturated heterocycles. The van der Waals surface area contributed by atoms with Gasteiger partial charge in [-0.25, -0.2) is 9.78 Å². The summed E-state index contributed by atoms with van der Waals surface area (Å²) >= 11 is 3.06. The van der Waals surface area contributed by atoms with Crippen LogP contribution in [0.3, 0.4) is 0 Å². The lowest BCUT2D eigenvalue weighted by molar-refractivity contribution is 0.0471.